The maximum absolute atomic E-state index is 12.2. The Kier molecular flexibility index (Phi) is 7.39. The molecule has 1 aromatic rings. The molecule has 122 valence electrons. The molecule has 0 aliphatic carbocycles. The molecule has 1 aromatic carbocycles. The third-order valence-electron chi connectivity index (χ3n) is 3.22. The molecule has 22 heavy (non-hydrogen) atoms. The molecule has 1 rings (SSSR count). The van der Waals surface area contributed by atoms with Crippen LogP contribution in [0.15, 0.2) is 18.2 Å². The average molecular weight is 308 g/mol. The highest BCUT2D eigenvalue weighted by Gasteiger charge is 2.24. The van der Waals surface area contributed by atoms with Crippen molar-refractivity contribution < 1.29 is 19.1 Å². The highest BCUT2D eigenvalue weighted by Crippen LogP contribution is 2.28. The zero-order valence-electron chi connectivity index (χ0n) is 13.6. The number of hydrogen-bond acceptors (Lipinski definition) is 5. The van der Waals surface area contributed by atoms with Gasteiger partial charge in [0.1, 0.15) is 11.5 Å². The number of carbonyl (C=O) groups is 2. The predicted molar refractivity (Wildman–Crippen MR) is 85.6 cm³/mol. The number of ketones is 1. The van der Waals surface area contributed by atoms with Crippen molar-refractivity contribution in [3.05, 3.63) is 18.2 Å². The fourth-order valence-electron chi connectivity index (χ4n) is 2.11. The second-order valence-electron chi connectivity index (χ2n) is 4.78. The monoisotopic (exact) mass is 308 g/mol. The van der Waals surface area contributed by atoms with Gasteiger partial charge in [0.15, 0.2) is 0 Å². The van der Waals surface area contributed by atoms with Gasteiger partial charge in [0.05, 0.1) is 25.9 Å². The molecular formula is C16H24N2O4. The normalized spacial score (nSPS) is 11.6. The molecule has 0 saturated carbocycles. The fourth-order valence-corrected chi connectivity index (χ4v) is 2.11. The van der Waals surface area contributed by atoms with E-state index in [2.05, 4.69) is 10.6 Å². The van der Waals surface area contributed by atoms with Crippen molar-refractivity contribution in [3.63, 3.8) is 0 Å². The molecule has 6 nitrogen and oxygen atoms in total. The van der Waals surface area contributed by atoms with E-state index in [1.807, 2.05) is 13.8 Å². The van der Waals surface area contributed by atoms with Crippen LogP contribution in [0.2, 0.25) is 0 Å². The molecule has 0 saturated heterocycles. The second-order valence-corrected chi connectivity index (χ2v) is 4.78. The topological polar surface area (TPSA) is 76.7 Å². The number of Topliss-reactive ketones (excluding diaryl/α,β-unsaturated/α-hetero) is 1. The van der Waals surface area contributed by atoms with Gasteiger partial charge in [-0.15, -0.1) is 0 Å². The van der Waals surface area contributed by atoms with Gasteiger partial charge in [0.25, 0.3) is 5.91 Å². The number of hydrogen-bond donors (Lipinski definition) is 2. The third kappa shape index (κ3) is 4.73. The van der Waals surface area contributed by atoms with Crippen LogP contribution in [-0.2, 0) is 9.59 Å². The van der Waals surface area contributed by atoms with Crippen LogP contribution in [0.5, 0.6) is 11.5 Å². The maximum Gasteiger partial charge on any atom is 0.293 e. The first-order valence-electron chi connectivity index (χ1n) is 7.37. The molecule has 0 aliphatic rings. The van der Waals surface area contributed by atoms with Gasteiger partial charge in [-0.3, -0.25) is 9.59 Å². The van der Waals surface area contributed by atoms with Crippen LogP contribution in [0, 0.1) is 0 Å². The number of likely N-dealkylation sites (N-methyl/N-ethyl adjacent to an activating group) is 1. The van der Waals surface area contributed by atoms with E-state index in [9.17, 15) is 9.59 Å². The summed E-state index contributed by atoms with van der Waals surface area (Å²) >= 11 is 0. The minimum absolute atomic E-state index is 0.409. The predicted octanol–water partition coefficient (Wildman–Crippen LogP) is 1.99. The zero-order valence-corrected chi connectivity index (χ0v) is 13.6. The molecule has 0 bridgehead atoms. The van der Waals surface area contributed by atoms with E-state index in [1.54, 1.807) is 18.2 Å². The molecule has 0 fully saturated rings. The SMILES string of the molecule is CCCC(NCC)C(=O)C(=O)Nc1cc(OC)ccc1OC. The average Bonchev–Trinajstić information content (AvgIpc) is 2.53. The van der Waals surface area contributed by atoms with Gasteiger partial charge in [0.2, 0.25) is 5.78 Å². The van der Waals surface area contributed by atoms with Crippen molar-refractivity contribution in [1.29, 1.82) is 0 Å². The number of ether oxygens (including phenoxy) is 2. The van der Waals surface area contributed by atoms with Crippen LogP contribution in [-0.4, -0.2) is 38.5 Å². The summed E-state index contributed by atoms with van der Waals surface area (Å²) in [5.41, 5.74) is 0.409. The lowest BCUT2D eigenvalue weighted by molar-refractivity contribution is -0.136. The molecule has 1 atom stereocenters. The largest absolute Gasteiger partial charge is 0.497 e. The van der Waals surface area contributed by atoms with Gasteiger partial charge in [-0.25, -0.2) is 0 Å². The van der Waals surface area contributed by atoms with Crippen LogP contribution < -0.4 is 20.1 Å². The second kappa shape index (κ2) is 9.04. The van der Waals surface area contributed by atoms with E-state index >= 15 is 0 Å². The Morgan fingerprint density at radius 3 is 2.45 bits per heavy atom. The summed E-state index contributed by atoms with van der Waals surface area (Å²) in [5, 5.41) is 5.63. The Morgan fingerprint density at radius 2 is 1.91 bits per heavy atom. The lowest BCUT2D eigenvalue weighted by Gasteiger charge is -2.16. The Bertz CT molecular complexity index is 511. The van der Waals surface area contributed by atoms with E-state index in [0.717, 1.165) is 6.42 Å². The van der Waals surface area contributed by atoms with Crippen molar-refractivity contribution in [2.24, 2.45) is 0 Å². The number of carbonyl (C=O) groups excluding carboxylic acids is 2. The van der Waals surface area contributed by atoms with Crippen molar-refractivity contribution in [1.82, 2.24) is 5.32 Å². The quantitative estimate of drug-likeness (QED) is 0.682. The number of rotatable bonds is 9. The molecule has 0 heterocycles. The molecule has 0 aliphatic heterocycles. The fraction of sp³-hybridized carbons (Fsp3) is 0.500. The highest BCUT2D eigenvalue weighted by atomic mass is 16.5. The van der Waals surface area contributed by atoms with Gasteiger partial charge in [-0.2, -0.15) is 0 Å². The van der Waals surface area contributed by atoms with E-state index in [1.165, 1.54) is 14.2 Å². The summed E-state index contributed by atoms with van der Waals surface area (Å²) in [6, 6.07) is 4.54. The zero-order chi connectivity index (χ0) is 16.5. The molecule has 6 heteroatoms. The summed E-state index contributed by atoms with van der Waals surface area (Å²) in [6.45, 7) is 4.51. The third-order valence-corrected chi connectivity index (χ3v) is 3.22. The van der Waals surface area contributed by atoms with Gasteiger partial charge >= 0.3 is 0 Å². The van der Waals surface area contributed by atoms with Gasteiger partial charge in [0, 0.05) is 6.07 Å². The van der Waals surface area contributed by atoms with E-state index in [4.69, 9.17) is 9.47 Å². The number of benzene rings is 1. The first kappa shape index (κ1) is 18.0. The first-order chi connectivity index (χ1) is 10.6. The molecule has 1 unspecified atom stereocenters. The summed E-state index contributed by atoms with van der Waals surface area (Å²) < 4.78 is 10.3. The minimum atomic E-state index is -0.661. The van der Waals surface area contributed by atoms with Crippen LogP contribution in [0.1, 0.15) is 26.7 Å². The summed E-state index contributed by atoms with van der Waals surface area (Å²) in [5.74, 6) is -0.0997. The Labute approximate surface area is 131 Å². The number of anilines is 1. The molecule has 2 N–H and O–H groups in total. The number of amides is 1. The van der Waals surface area contributed by atoms with Crippen molar-refractivity contribution in [2.75, 3.05) is 26.1 Å². The van der Waals surface area contributed by atoms with Crippen LogP contribution in [0.4, 0.5) is 5.69 Å². The molecule has 0 aromatic heterocycles. The van der Waals surface area contributed by atoms with Gasteiger partial charge in [-0.1, -0.05) is 20.3 Å². The smallest absolute Gasteiger partial charge is 0.293 e. The highest BCUT2D eigenvalue weighted by molar-refractivity contribution is 6.42. The molecule has 1 amide bonds. The van der Waals surface area contributed by atoms with E-state index < -0.39 is 17.7 Å². The Balaban J connectivity index is 2.88. The standard InChI is InChI=1S/C16H24N2O4/c1-5-7-12(17-6-2)15(19)16(20)18-13-10-11(21-3)8-9-14(13)22-4/h8-10,12,17H,5-7H2,1-4H3,(H,18,20). The van der Waals surface area contributed by atoms with Crippen LogP contribution in [0.25, 0.3) is 0 Å². The van der Waals surface area contributed by atoms with Gasteiger partial charge in [-0.05, 0) is 25.1 Å². The molecular weight excluding hydrogens is 284 g/mol. The van der Waals surface area contributed by atoms with Crippen LogP contribution >= 0.6 is 0 Å². The Hall–Kier alpha value is -2.08. The summed E-state index contributed by atoms with van der Waals surface area (Å²) in [6.07, 6.45) is 1.44. The van der Waals surface area contributed by atoms with E-state index in [0.29, 0.717) is 30.2 Å². The number of methoxy groups -OCH3 is 2. The lowest BCUT2D eigenvalue weighted by atomic mass is 10.1. The first-order valence-corrected chi connectivity index (χ1v) is 7.37. The van der Waals surface area contributed by atoms with Crippen molar-refractivity contribution >= 4 is 17.4 Å². The lowest BCUT2D eigenvalue weighted by Crippen LogP contribution is -2.42. The van der Waals surface area contributed by atoms with Crippen molar-refractivity contribution in [2.45, 2.75) is 32.7 Å². The molecule has 0 spiro atoms. The maximum atomic E-state index is 12.2. The number of nitrogens with one attached hydrogen (secondary N) is 2. The Morgan fingerprint density at radius 1 is 1.18 bits per heavy atom. The van der Waals surface area contributed by atoms with E-state index in [-0.39, 0.29) is 0 Å². The summed E-state index contributed by atoms with van der Waals surface area (Å²) in [4.78, 5) is 24.4. The van der Waals surface area contributed by atoms with Crippen molar-refractivity contribution in [3.8, 4) is 11.5 Å². The molecule has 0 radical (unpaired) electrons. The minimum Gasteiger partial charge on any atom is -0.497 e. The summed E-state index contributed by atoms with van der Waals surface area (Å²) in [7, 11) is 3.03. The van der Waals surface area contributed by atoms with Crippen LogP contribution in [0.3, 0.4) is 0 Å². The van der Waals surface area contributed by atoms with Gasteiger partial charge < -0.3 is 20.1 Å².